The largest absolute Gasteiger partial charge is 0.382 e. The zero-order valence-corrected chi connectivity index (χ0v) is 14.7. The fourth-order valence-corrected chi connectivity index (χ4v) is 3.30. The predicted octanol–water partition coefficient (Wildman–Crippen LogP) is 3.41. The van der Waals surface area contributed by atoms with Gasteiger partial charge in [0.25, 0.3) is 0 Å². The van der Waals surface area contributed by atoms with E-state index in [1.54, 1.807) is 26.2 Å². The Morgan fingerprint density at radius 2 is 1.96 bits per heavy atom. The van der Waals surface area contributed by atoms with Crippen LogP contribution in [0.1, 0.15) is 50.0 Å². The second-order valence-corrected chi connectivity index (χ2v) is 7.14. The van der Waals surface area contributed by atoms with Gasteiger partial charge in [0.05, 0.1) is 17.1 Å². The number of ether oxygens (including phenoxy) is 1. The molecular formula is C19H22N4O2. The van der Waals surface area contributed by atoms with Gasteiger partial charge in [-0.25, -0.2) is 15.0 Å². The van der Waals surface area contributed by atoms with Crippen LogP contribution in [-0.2, 0) is 10.3 Å². The highest BCUT2D eigenvalue weighted by molar-refractivity contribution is 5.85. The molecule has 130 valence electrons. The van der Waals surface area contributed by atoms with Crippen molar-refractivity contribution in [2.24, 2.45) is 0 Å². The molecule has 1 aliphatic rings. The molecule has 0 radical (unpaired) electrons. The van der Waals surface area contributed by atoms with Gasteiger partial charge in [0.15, 0.2) is 5.82 Å². The Hall–Kier alpha value is -2.31. The van der Waals surface area contributed by atoms with Crippen LogP contribution in [0.2, 0.25) is 0 Å². The number of nitrogens with zero attached hydrogens (tertiary/aromatic N) is 3. The average molecular weight is 338 g/mol. The van der Waals surface area contributed by atoms with E-state index in [1.807, 2.05) is 6.92 Å². The van der Waals surface area contributed by atoms with Gasteiger partial charge in [-0.2, -0.15) is 0 Å². The molecule has 0 amide bonds. The molecule has 2 aromatic heterocycles. The molecule has 0 spiro atoms. The van der Waals surface area contributed by atoms with E-state index in [9.17, 15) is 5.11 Å². The van der Waals surface area contributed by atoms with Crippen molar-refractivity contribution in [2.45, 2.75) is 45.3 Å². The summed E-state index contributed by atoms with van der Waals surface area (Å²) in [6.07, 6.45) is 5.68. The summed E-state index contributed by atoms with van der Waals surface area (Å²) in [6.45, 7) is 6.11. The molecule has 3 aromatic rings. The highest BCUT2D eigenvalue weighted by Crippen LogP contribution is 2.36. The van der Waals surface area contributed by atoms with E-state index < -0.39 is 5.60 Å². The summed E-state index contributed by atoms with van der Waals surface area (Å²) >= 11 is 0. The molecular weight excluding hydrogens is 316 g/mol. The second kappa shape index (κ2) is 5.89. The summed E-state index contributed by atoms with van der Waals surface area (Å²) in [5.74, 6) is 1.30. The first-order valence-corrected chi connectivity index (χ1v) is 8.59. The molecule has 0 saturated carbocycles. The van der Waals surface area contributed by atoms with Crippen LogP contribution in [0, 0.1) is 6.92 Å². The van der Waals surface area contributed by atoms with Gasteiger partial charge < -0.3 is 14.8 Å². The molecule has 0 aliphatic carbocycles. The van der Waals surface area contributed by atoms with Crippen molar-refractivity contribution in [3.8, 4) is 11.1 Å². The van der Waals surface area contributed by atoms with Gasteiger partial charge in [0.1, 0.15) is 11.4 Å². The van der Waals surface area contributed by atoms with Gasteiger partial charge in [-0.15, -0.1) is 0 Å². The van der Waals surface area contributed by atoms with Crippen molar-refractivity contribution in [3.05, 3.63) is 41.7 Å². The van der Waals surface area contributed by atoms with Crippen LogP contribution in [0.3, 0.4) is 0 Å². The quantitative estimate of drug-likeness (QED) is 0.764. The SMILES string of the molecule is Cc1nc2c(C3CCCO3)cc(-c3cnc(C(C)(C)O)nc3)cc2[nH]1. The number of hydrogen-bond acceptors (Lipinski definition) is 5. The third-order valence-electron chi connectivity index (χ3n) is 4.54. The van der Waals surface area contributed by atoms with Crippen molar-refractivity contribution in [2.75, 3.05) is 6.61 Å². The zero-order chi connectivity index (χ0) is 17.6. The van der Waals surface area contributed by atoms with Crippen LogP contribution in [0.25, 0.3) is 22.2 Å². The Morgan fingerprint density at radius 1 is 1.20 bits per heavy atom. The molecule has 6 nitrogen and oxygen atoms in total. The summed E-state index contributed by atoms with van der Waals surface area (Å²) in [5.41, 5.74) is 3.95. The number of aromatic nitrogens is 4. The minimum Gasteiger partial charge on any atom is -0.382 e. The maximum atomic E-state index is 10.0. The minimum atomic E-state index is -1.05. The Kier molecular flexibility index (Phi) is 3.81. The Morgan fingerprint density at radius 3 is 2.60 bits per heavy atom. The number of aliphatic hydroxyl groups is 1. The van der Waals surface area contributed by atoms with Crippen LogP contribution in [0.4, 0.5) is 0 Å². The van der Waals surface area contributed by atoms with E-state index in [2.05, 4.69) is 32.1 Å². The van der Waals surface area contributed by atoms with Crippen LogP contribution < -0.4 is 0 Å². The molecule has 1 unspecified atom stereocenters. The summed E-state index contributed by atoms with van der Waals surface area (Å²) in [5, 5.41) is 10.0. The molecule has 1 atom stereocenters. The van der Waals surface area contributed by atoms with E-state index in [-0.39, 0.29) is 6.10 Å². The number of hydrogen-bond donors (Lipinski definition) is 2. The summed E-state index contributed by atoms with van der Waals surface area (Å²) in [7, 11) is 0. The zero-order valence-electron chi connectivity index (χ0n) is 14.7. The molecule has 3 heterocycles. The van der Waals surface area contributed by atoms with E-state index in [0.29, 0.717) is 5.82 Å². The van der Waals surface area contributed by atoms with E-state index in [1.165, 1.54) is 0 Å². The van der Waals surface area contributed by atoms with Gasteiger partial charge in [-0.1, -0.05) is 0 Å². The topological polar surface area (TPSA) is 83.9 Å². The van der Waals surface area contributed by atoms with Gasteiger partial charge in [0, 0.05) is 30.1 Å². The molecule has 25 heavy (non-hydrogen) atoms. The van der Waals surface area contributed by atoms with Crippen LogP contribution in [0.5, 0.6) is 0 Å². The van der Waals surface area contributed by atoms with Crippen LogP contribution in [0.15, 0.2) is 24.5 Å². The van der Waals surface area contributed by atoms with Crippen molar-refractivity contribution < 1.29 is 9.84 Å². The standard InChI is InChI=1S/C19H22N4O2/c1-11-22-15-8-12(13-9-20-18(21-10-13)19(2,3)24)7-14(17(15)23-11)16-5-4-6-25-16/h7-10,16,24H,4-6H2,1-3H3,(H,22,23). The molecule has 4 rings (SSSR count). The number of aryl methyl sites for hydroxylation is 1. The van der Waals surface area contributed by atoms with Crippen molar-refractivity contribution in [3.63, 3.8) is 0 Å². The second-order valence-electron chi connectivity index (χ2n) is 7.14. The summed E-state index contributed by atoms with van der Waals surface area (Å²) in [4.78, 5) is 16.6. The smallest absolute Gasteiger partial charge is 0.159 e. The summed E-state index contributed by atoms with van der Waals surface area (Å²) in [6, 6.07) is 4.19. The number of benzene rings is 1. The number of H-pyrrole nitrogens is 1. The highest BCUT2D eigenvalue weighted by Gasteiger charge is 2.23. The van der Waals surface area contributed by atoms with Crippen LogP contribution >= 0.6 is 0 Å². The summed E-state index contributed by atoms with van der Waals surface area (Å²) < 4.78 is 5.89. The van der Waals surface area contributed by atoms with Crippen LogP contribution in [-0.4, -0.2) is 31.6 Å². The van der Waals surface area contributed by atoms with Gasteiger partial charge in [-0.3, -0.25) is 0 Å². The van der Waals surface area contributed by atoms with Crippen molar-refractivity contribution in [1.82, 2.24) is 19.9 Å². The molecule has 1 aliphatic heterocycles. The van der Waals surface area contributed by atoms with E-state index >= 15 is 0 Å². The Balaban J connectivity index is 1.81. The average Bonchev–Trinajstić information content (AvgIpc) is 3.21. The van der Waals surface area contributed by atoms with Gasteiger partial charge in [-0.05, 0) is 51.3 Å². The lowest BCUT2D eigenvalue weighted by atomic mass is 9.99. The fraction of sp³-hybridized carbons (Fsp3) is 0.421. The maximum absolute atomic E-state index is 10.0. The van der Waals surface area contributed by atoms with Gasteiger partial charge in [0.2, 0.25) is 0 Å². The first-order valence-electron chi connectivity index (χ1n) is 8.59. The molecule has 1 aromatic carbocycles. The van der Waals surface area contributed by atoms with Gasteiger partial charge >= 0.3 is 0 Å². The number of imidazole rings is 1. The fourth-order valence-electron chi connectivity index (χ4n) is 3.30. The Bertz CT molecular complexity index is 904. The first-order chi connectivity index (χ1) is 11.9. The number of nitrogens with one attached hydrogen (secondary N) is 1. The first kappa shape index (κ1) is 16.2. The molecule has 2 N–H and O–H groups in total. The Labute approximate surface area is 146 Å². The number of rotatable bonds is 3. The normalized spacial score (nSPS) is 18.2. The number of fused-ring (bicyclic) bond motifs is 1. The van der Waals surface area contributed by atoms with Crippen molar-refractivity contribution in [1.29, 1.82) is 0 Å². The lowest BCUT2D eigenvalue weighted by Gasteiger charge is -2.16. The third kappa shape index (κ3) is 3.03. The molecule has 1 saturated heterocycles. The lowest BCUT2D eigenvalue weighted by Crippen LogP contribution is -2.19. The van der Waals surface area contributed by atoms with E-state index in [0.717, 1.165) is 53.0 Å². The molecule has 0 bridgehead atoms. The minimum absolute atomic E-state index is 0.0849. The van der Waals surface area contributed by atoms with Crippen molar-refractivity contribution >= 4 is 11.0 Å². The van der Waals surface area contributed by atoms with E-state index in [4.69, 9.17) is 4.74 Å². The number of aromatic amines is 1. The molecule has 6 heteroatoms. The monoisotopic (exact) mass is 338 g/mol. The highest BCUT2D eigenvalue weighted by atomic mass is 16.5. The predicted molar refractivity (Wildman–Crippen MR) is 95.0 cm³/mol. The maximum Gasteiger partial charge on any atom is 0.159 e. The third-order valence-corrected chi connectivity index (χ3v) is 4.54. The lowest BCUT2D eigenvalue weighted by molar-refractivity contribution is 0.0687. The molecule has 1 fully saturated rings.